The SMILES string of the molecule is CCCCC(N)C(=O)Nc1ccc(NS(=O)(=O)CC)cc1. The number of benzene rings is 1. The quantitative estimate of drug-likeness (QED) is 0.682. The van der Waals surface area contributed by atoms with Crippen molar-refractivity contribution in [3.8, 4) is 0 Å². The molecule has 0 aliphatic heterocycles. The summed E-state index contributed by atoms with van der Waals surface area (Å²) in [6.07, 6.45) is 2.55. The molecular formula is C14H23N3O3S. The predicted molar refractivity (Wildman–Crippen MR) is 85.7 cm³/mol. The highest BCUT2D eigenvalue weighted by Crippen LogP contribution is 2.15. The third kappa shape index (κ3) is 6.14. The van der Waals surface area contributed by atoms with Crippen LogP contribution in [0.5, 0.6) is 0 Å². The van der Waals surface area contributed by atoms with Crippen LogP contribution in [0.3, 0.4) is 0 Å². The van der Waals surface area contributed by atoms with Crippen LogP contribution >= 0.6 is 0 Å². The number of sulfonamides is 1. The number of unbranched alkanes of at least 4 members (excludes halogenated alkanes) is 1. The largest absolute Gasteiger partial charge is 0.325 e. The molecule has 6 nitrogen and oxygen atoms in total. The highest BCUT2D eigenvalue weighted by atomic mass is 32.2. The Morgan fingerprint density at radius 2 is 1.76 bits per heavy atom. The topological polar surface area (TPSA) is 101 Å². The minimum Gasteiger partial charge on any atom is -0.325 e. The second-order valence-corrected chi connectivity index (χ2v) is 6.83. The van der Waals surface area contributed by atoms with Crippen LogP contribution in [0, 0.1) is 0 Å². The molecule has 1 amide bonds. The number of rotatable bonds is 8. The first-order chi connectivity index (χ1) is 9.88. The summed E-state index contributed by atoms with van der Waals surface area (Å²) in [7, 11) is -3.29. The molecule has 1 aromatic rings. The maximum atomic E-state index is 11.8. The van der Waals surface area contributed by atoms with E-state index in [0.717, 1.165) is 12.8 Å². The summed E-state index contributed by atoms with van der Waals surface area (Å²) >= 11 is 0. The Labute approximate surface area is 126 Å². The molecule has 1 rings (SSSR count). The van der Waals surface area contributed by atoms with Gasteiger partial charge in [0.2, 0.25) is 15.9 Å². The molecule has 0 saturated carbocycles. The van der Waals surface area contributed by atoms with Crippen LogP contribution in [-0.4, -0.2) is 26.1 Å². The van der Waals surface area contributed by atoms with Crippen molar-refractivity contribution in [3.05, 3.63) is 24.3 Å². The molecule has 0 fully saturated rings. The van der Waals surface area contributed by atoms with Gasteiger partial charge < -0.3 is 11.1 Å². The average Bonchev–Trinajstić information content (AvgIpc) is 2.46. The summed E-state index contributed by atoms with van der Waals surface area (Å²) in [5.74, 6) is -0.219. The molecule has 1 atom stereocenters. The molecule has 0 aliphatic rings. The fraction of sp³-hybridized carbons (Fsp3) is 0.500. The molecule has 1 aromatic carbocycles. The summed E-state index contributed by atoms with van der Waals surface area (Å²) < 4.78 is 25.3. The first kappa shape index (κ1) is 17.5. The maximum absolute atomic E-state index is 11.8. The average molecular weight is 313 g/mol. The van der Waals surface area contributed by atoms with Gasteiger partial charge in [-0.05, 0) is 37.6 Å². The van der Waals surface area contributed by atoms with E-state index in [1.54, 1.807) is 31.2 Å². The molecule has 21 heavy (non-hydrogen) atoms. The van der Waals surface area contributed by atoms with Crippen molar-refractivity contribution in [3.63, 3.8) is 0 Å². The molecule has 0 heterocycles. The zero-order valence-corrected chi connectivity index (χ0v) is 13.2. The van der Waals surface area contributed by atoms with Crippen molar-refractivity contribution >= 4 is 27.3 Å². The second kappa shape index (κ2) is 7.99. The highest BCUT2D eigenvalue weighted by Gasteiger charge is 2.13. The Balaban J connectivity index is 2.60. The van der Waals surface area contributed by atoms with Gasteiger partial charge in [-0.3, -0.25) is 9.52 Å². The number of hydrogen-bond donors (Lipinski definition) is 3. The third-order valence-corrected chi connectivity index (χ3v) is 4.32. The normalized spacial score (nSPS) is 12.7. The smallest absolute Gasteiger partial charge is 0.241 e. The molecule has 0 aromatic heterocycles. The van der Waals surface area contributed by atoms with Crippen LogP contribution in [-0.2, 0) is 14.8 Å². The van der Waals surface area contributed by atoms with Crippen LogP contribution in [0.4, 0.5) is 11.4 Å². The van der Waals surface area contributed by atoms with Crippen molar-refractivity contribution in [1.29, 1.82) is 0 Å². The first-order valence-corrected chi connectivity index (χ1v) is 8.70. The first-order valence-electron chi connectivity index (χ1n) is 7.05. The number of carbonyl (C=O) groups is 1. The van der Waals surface area contributed by atoms with Crippen molar-refractivity contribution in [2.24, 2.45) is 5.73 Å². The van der Waals surface area contributed by atoms with Gasteiger partial charge in [-0.2, -0.15) is 0 Å². The van der Waals surface area contributed by atoms with E-state index in [-0.39, 0.29) is 11.7 Å². The van der Waals surface area contributed by atoms with Crippen molar-refractivity contribution in [1.82, 2.24) is 0 Å². The van der Waals surface area contributed by atoms with Crippen LogP contribution < -0.4 is 15.8 Å². The van der Waals surface area contributed by atoms with Gasteiger partial charge in [0.15, 0.2) is 0 Å². The van der Waals surface area contributed by atoms with E-state index in [0.29, 0.717) is 17.8 Å². The third-order valence-electron chi connectivity index (χ3n) is 3.01. The number of anilines is 2. The number of nitrogens with two attached hydrogens (primary N) is 1. The van der Waals surface area contributed by atoms with Crippen molar-refractivity contribution < 1.29 is 13.2 Å². The van der Waals surface area contributed by atoms with Gasteiger partial charge in [0, 0.05) is 11.4 Å². The van der Waals surface area contributed by atoms with Crippen molar-refractivity contribution in [2.75, 3.05) is 15.8 Å². The molecule has 0 radical (unpaired) electrons. The van der Waals surface area contributed by atoms with Crippen LogP contribution in [0.1, 0.15) is 33.1 Å². The maximum Gasteiger partial charge on any atom is 0.241 e. The standard InChI is InChI=1S/C14H23N3O3S/c1-3-5-6-13(15)14(18)16-11-7-9-12(10-8-11)17-21(19,20)4-2/h7-10,13,17H,3-6,15H2,1-2H3,(H,16,18). The lowest BCUT2D eigenvalue weighted by Crippen LogP contribution is -2.35. The Bertz CT molecular complexity index is 555. The summed E-state index contributed by atoms with van der Waals surface area (Å²) in [5, 5.41) is 2.71. The number of nitrogens with one attached hydrogen (secondary N) is 2. The van der Waals surface area contributed by atoms with E-state index in [9.17, 15) is 13.2 Å². The molecule has 0 bridgehead atoms. The molecule has 0 aliphatic carbocycles. The zero-order valence-electron chi connectivity index (χ0n) is 12.4. The van der Waals surface area contributed by atoms with Crippen LogP contribution in [0.2, 0.25) is 0 Å². The van der Waals surface area contributed by atoms with Crippen molar-refractivity contribution in [2.45, 2.75) is 39.2 Å². The summed E-state index contributed by atoms with van der Waals surface area (Å²) in [5.41, 5.74) is 6.83. The molecule has 118 valence electrons. The van der Waals surface area contributed by atoms with E-state index in [1.807, 2.05) is 6.92 Å². The number of hydrogen-bond acceptors (Lipinski definition) is 4. The number of amides is 1. The minimum absolute atomic E-state index is 0.0117. The van der Waals surface area contributed by atoms with E-state index in [2.05, 4.69) is 10.0 Å². The monoisotopic (exact) mass is 313 g/mol. The lowest BCUT2D eigenvalue weighted by molar-refractivity contribution is -0.117. The number of carbonyl (C=O) groups excluding carboxylic acids is 1. The van der Waals surface area contributed by atoms with Gasteiger partial charge in [-0.1, -0.05) is 19.8 Å². The Morgan fingerprint density at radius 3 is 2.29 bits per heavy atom. The molecule has 7 heteroatoms. The van der Waals surface area contributed by atoms with Gasteiger partial charge in [0.25, 0.3) is 0 Å². The predicted octanol–water partition coefficient (Wildman–Crippen LogP) is 1.90. The summed E-state index contributed by atoms with van der Waals surface area (Å²) in [6.45, 7) is 3.61. The van der Waals surface area contributed by atoms with E-state index >= 15 is 0 Å². The fourth-order valence-corrected chi connectivity index (χ4v) is 2.30. The van der Waals surface area contributed by atoms with E-state index in [4.69, 9.17) is 5.73 Å². The van der Waals surface area contributed by atoms with Crippen LogP contribution in [0.15, 0.2) is 24.3 Å². The van der Waals surface area contributed by atoms with Gasteiger partial charge in [-0.15, -0.1) is 0 Å². The zero-order chi connectivity index (χ0) is 15.9. The van der Waals surface area contributed by atoms with E-state index in [1.165, 1.54) is 0 Å². The summed E-state index contributed by atoms with van der Waals surface area (Å²) in [4.78, 5) is 11.8. The summed E-state index contributed by atoms with van der Waals surface area (Å²) in [6, 6.07) is 5.94. The highest BCUT2D eigenvalue weighted by molar-refractivity contribution is 7.92. The fourth-order valence-electron chi connectivity index (χ4n) is 1.66. The van der Waals surface area contributed by atoms with Gasteiger partial charge in [-0.25, -0.2) is 8.42 Å². The Morgan fingerprint density at radius 1 is 1.19 bits per heavy atom. The molecular weight excluding hydrogens is 290 g/mol. The van der Waals surface area contributed by atoms with Gasteiger partial charge in [0.05, 0.1) is 11.8 Å². The Kier molecular flexibility index (Phi) is 6.64. The van der Waals surface area contributed by atoms with Gasteiger partial charge in [0.1, 0.15) is 0 Å². The molecule has 4 N–H and O–H groups in total. The Hall–Kier alpha value is -1.60. The second-order valence-electron chi connectivity index (χ2n) is 4.82. The molecule has 0 saturated heterocycles. The lowest BCUT2D eigenvalue weighted by atomic mass is 10.1. The lowest BCUT2D eigenvalue weighted by Gasteiger charge is -2.12. The van der Waals surface area contributed by atoms with E-state index < -0.39 is 16.1 Å². The molecule has 1 unspecified atom stereocenters. The van der Waals surface area contributed by atoms with Crippen LogP contribution in [0.25, 0.3) is 0 Å². The van der Waals surface area contributed by atoms with Gasteiger partial charge >= 0.3 is 0 Å². The minimum atomic E-state index is -3.29. The molecule has 0 spiro atoms.